The van der Waals surface area contributed by atoms with Crippen LogP contribution in [0.2, 0.25) is 5.02 Å². The van der Waals surface area contributed by atoms with Crippen LogP contribution in [0.25, 0.3) is 0 Å². The van der Waals surface area contributed by atoms with Gasteiger partial charge in [0.15, 0.2) is 0 Å². The molecule has 2 aromatic rings. The number of carbonyl (C=O) groups excluding carboxylic acids is 1. The molecular weight excluding hydrogens is 308 g/mol. The van der Waals surface area contributed by atoms with E-state index < -0.39 is 6.04 Å². The molecule has 0 unspecified atom stereocenters. The fourth-order valence-electron chi connectivity index (χ4n) is 1.94. The second kappa shape index (κ2) is 7.90. The third-order valence-electron chi connectivity index (χ3n) is 3.23. The average Bonchev–Trinajstić information content (AvgIpc) is 3.13. The number of halogens is 1. The summed E-state index contributed by atoms with van der Waals surface area (Å²) in [5.74, 6) is 0.690. The summed E-state index contributed by atoms with van der Waals surface area (Å²) in [7, 11) is 1.65. The van der Waals surface area contributed by atoms with Crippen molar-refractivity contribution in [3.8, 4) is 0 Å². The van der Waals surface area contributed by atoms with Crippen molar-refractivity contribution in [1.82, 2.24) is 29.9 Å². The van der Waals surface area contributed by atoms with Gasteiger partial charge in [-0.25, -0.2) is 0 Å². The molecule has 0 aliphatic carbocycles. The van der Waals surface area contributed by atoms with E-state index in [1.807, 2.05) is 4.57 Å². The number of hydrogen-bond donors (Lipinski definition) is 1. The molecule has 22 heavy (non-hydrogen) atoms. The molecule has 0 spiro atoms. The van der Waals surface area contributed by atoms with Crippen LogP contribution in [0.15, 0.2) is 18.7 Å². The Morgan fingerprint density at radius 3 is 3.05 bits per heavy atom. The van der Waals surface area contributed by atoms with Gasteiger partial charge < -0.3 is 14.6 Å². The average molecular weight is 327 g/mol. The molecule has 0 aliphatic heterocycles. The van der Waals surface area contributed by atoms with Crippen LogP contribution in [-0.2, 0) is 22.5 Å². The summed E-state index contributed by atoms with van der Waals surface area (Å²) in [6.45, 7) is 3.52. The van der Waals surface area contributed by atoms with Gasteiger partial charge in [0.05, 0.1) is 17.8 Å². The van der Waals surface area contributed by atoms with Crippen molar-refractivity contribution in [1.29, 1.82) is 0 Å². The van der Waals surface area contributed by atoms with Crippen molar-refractivity contribution in [2.24, 2.45) is 0 Å². The standard InChI is InChI=1S/C13H19ClN6O2/c1-10(20-8-11(14)7-17-20)13(21)15-4-3-12-18-16-9-19(12)5-6-22-2/h7-10H,3-6H2,1-2H3,(H,15,21)/t10-/m0/s1. The molecule has 0 bridgehead atoms. The lowest BCUT2D eigenvalue weighted by atomic mass is 10.3. The molecule has 1 amide bonds. The smallest absolute Gasteiger partial charge is 0.244 e. The number of carbonyl (C=O) groups is 1. The van der Waals surface area contributed by atoms with Crippen LogP contribution in [0.4, 0.5) is 0 Å². The van der Waals surface area contributed by atoms with Gasteiger partial charge >= 0.3 is 0 Å². The zero-order valence-corrected chi connectivity index (χ0v) is 13.3. The quantitative estimate of drug-likeness (QED) is 0.771. The fourth-order valence-corrected chi connectivity index (χ4v) is 2.08. The number of rotatable bonds is 8. The maximum atomic E-state index is 12.1. The van der Waals surface area contributed by atoms with Gasteiger partial charge in [-0.15, -0.1) is 10.2 Å². The number of nitrogens with one attached hydrogen (secondary N) is 1. The van der Waals surface area contributed by atoms with Gasteiger partial charge in [-0.1, -0.05) is 11.6 Å². The summed E-state index contributed by atoms with van der Waals surface area (Å²) in [5, 5.41) is 15.3. The van der Waals surface area contributed by atoms with Crippen LogP contribution in [0, 0.1) is 0 Å². The van der Waals surface area contributed by atoms with E-state index >= 15 is 0 Å². The third kappa shape index (κ3) is 4.28. The highest BCUT2D eigenvalue weighted by Gasteiger charge is 2.15. The van der Waals surface area contributed by atoms with E-state index in [0.29, 0.717) is 31.1 Å². The van der Waals surface area contributed by atoms with Crippen molar-refractivity contribution < 1.29 is 9.53 Å². The number of nitrogens with zero attached hydrogens (tertiary/aromatic N) is 5. The second-order valence-electron chi connectivity index (χ2n) is 4.79. The van der Waals surface area contributed by atoms with Gasteiger partial charge in [0.1, 0.15) is 18.2 Å². The molecule has 8 nitrogen and oxygen atoms in total. The Morgan fingerprint density at radius 2 is 2.36 bits per heavy atom. The first-order chi connectivity index (χ1) is 10.6. The van der Waals surface area contributed by atoms with E-state index in [-0.39, 0.29) is 5.91 Å². The minimum Gasteiger partial charge on any atom is -0.383 e. The summed E-state index contributed by atoms with van der Waals surface area (Å²) in [5.41, 5.74) is 0. The Hall–Kier alpha value is -1.93. The predicted molar refractivity (Wildman–Crippen MR) is 80.6 cm³/mol. The van der Waals surface area contributed by atoms with E-state index in [0.717, 1.165) is 5.82 Å². The fraction of sp³-hybridized carbons (Fsp3) is 0.538. The van der Waals surface area contributed by atoms with E-state index in [2.05, 4.69) is 20.6 Å². The Bertz CT molecular complexity index is 611. The monoisotopic (exact) mass is 326 g/mol. The SMILES string of the molecule is COCCn1cnnc1CCNC(=O)[C@H](C)n1cc(Cl)cn1. The van der Waals surface area contributed by atoms with Crippen LogP contribution < -0.4 is 5.32 Å². The van der Waals surface area contributed by atoms with Gasteiger partial charge in [-0.2, -0.15) is 5.10 Å². The maximum absolute atomic E-state index is 12.1. The van der Waals surface area contributed by atoms with Crippen LogP contribution in [0.5, 0.6) is 0 Å². The van der Waals surface area contributed by atoms with E-state index in [1.54, 1.807) is 26.6 Å². The zero-order chi connectivity index (χ0) is 15.9. The molecule has 0 fully saturated rings. The molecule has 0 radical (unpaired) electrons. The van der Waals surface area contributed by atoms with Crippen LogP contribution in [0.3, 0.4) is 0 Å². The van der Waals surface area contributed by atoms with E-state index in [1.165, 1.54) is 10.9 Å². The molecule has 0 aromatic carbocycles. The Labute approximate surface area is 133 Å². The number of methoxy groups -OCH3 is 1. The van der Waals surface area contributed by atoms with Gasteiger partial charge in [-0.05, 0) is 6.92 Å². The summed E-state index contributed by atoms with van der Waals surface area (Å²) in [4.78, 5) is 12.1. The summed E-state index contributed by atoms with van der Waals surface area (Å²) >= 11 is 5.80. The molecule has 1 N–H and O–H groups in total. The number of hydrogen-bond acceptors (Lipinski definition) is 5. The lowest BCUT2D eigenvalue weighted by Crippen LogP contribution is -2.33. The lowest BCUT2D eigenvalue weighted by Gasteiger charge is -2.12. The normalized spacial score (nSPS) is 12.3. The van der Waals surface area contributed by atoms with Crippen LogP contribution >= 0.6 is 11.6 Å². The van der Waals surface area contributed by atoms with Crippen LogP contribution in [-0.4, -0.2) is 50.7 Å². The largest absolute Gasteiger partial charge is 0.383 e. The molecule has 0 aliphatic rings. The van der Waals surface area contributed by atoms with Gasteiger partial charge in [0.25, 0.3) is 0 Å². The van der Waals surface area contributed by atoms with Gasteiger partial charge in [0, 0.05) is 32.8 Å². The zero-order valence-electron chi connectivity index (χ0n) is 12.6. The Balaban J connectivity index is 1.81. The molecule has 120 valence electrons. The van der Waals surface area contributed by atoms with E-state index in [4.69, 9.17) is 16.3 Å². The molecule has 0 saturated carbocycles. The third-order valence-corrected chi connectivity index (χ3v) is 3.42. The maximum Gasteiger partial charge on any atom is 0.244 e. The van der Waals surface area contributed by atoms with Crippen LogP contribution in [0.1, 0.15) is 18.8 Å². The molecule has 2 aromatic heterocycles. The number of ether oxygens (including phenoxy) is 1. The molecule has 2 rings (SSSR count). The first-order valence-corrected chi connectivity index (χ1v) is 7.32. The molecular formula is C13H19ClN6O2. The molecule has 1 atom stereocenters. The Kier molecular flexibility index (Phi) is 5.91. The minimum absolute atomic E-state index is 0.122. The number of amides is 1. The highest BCUT2D eigenvalue weighted by molar-refractivity contribution is 6.30. The highest BCUT2D eigenvalue weighted by Crippen LogP contribution is 2.10. The second-order valence-corrected chi connectivity index (χ2v) is 5.23. The van der Waals surface area contributed by atoms with Crippen molar-refractivity contribution in [3.63, 3.8) is 0 Å². The van der Waals surface area contributed by atoms with Crippen molar-refractivity contribution >= 4 is 17.5 Å². The summed E-state index contributed by atoms with van der Waals surface area (Å²) in [6.07, 6.45) is 5.38. The topological polar surface area (TPSA) is 86.9 Å². The summed E-state index contributed by atoms with van der Waals surface area (Å²) < 4.78 is 8.46. The van der Waals surface area contributed by atoms with Crippen molar-refractivity contribution in [2.45, 2.75) is 25.9 Å². The van der Waals surface area contributed by atoms with Crippen molar-refractivity contribution in [2.75, 3.05) is 20.3 Å². The van der Waals surface area contributed by atoms with E-state index in [9.17, 15) is 4.79 Å². The highest BCUT2D eigenvalue weighted by atomic mass is 35.5. The molecule has 2 heterocycles. The lowest BCUT2D eigenvalue weighted by molar-refractivity contribution is -0.124. The summed E-state index contributed by atoms with van der Waals surface area (Å²) in [6, 6.07) is -0.418. The van der Waals surface area contributed by atoms with Crippen molar-refractivity contribution in [3.05, 3.63) is 29.6 Å². The predicted octanol–water partition coefficient (Wildman–Crippen LogP) is 0.694. The van der Waals surface area contributed by atoms with Gasteiger partial charge in [0.2, 0.25) is 5.91 Å². The molecule has 9 heteroatoms. The Morgan fingerprint density at radius 1 is 1.55 bits per heavy atom. The minimum atomic E-state index is -0.418. The number of aromatic nitrogens is 5. The molecule has 0 saturated heterocycles. The van der Waals surface area contributed by atoms with Gasteiger partial charge in [-0.3, -0.25) is 9.48 Å². The first-order valence-electron chi connectivity index (χ1n) is 6.94. The first kappa shape index (κ1) is 16.4.